The molecule has 1 aliphatic rings. The van der Waals surface area contributed by atoms with Gasteiger partial charge in [-0.15, -0.1) is 0 Å². The second kappa shape index (κ2) is 6.35. The molecule has 21 heavy (non-hydrogen) atoms. The van der Waals surface area contributed by atoms with Gasteiger partial charge < -0.3 is 4.74 Å². The molecule has 5 nitrogen and oxygen atoms in total. The zero-order valence-electron chi connectivity index (χ0n) is 12.0. The highest BCUT2D eigenvalue weighted by Crippen LogP contribution is 2.15. The number of nitrogens with one attached hydrogen (secondary N) is 1. The molecule has 1 heterocycles. The minimum Gasteiger partial charge on any atom is -0.461 e. The first-order valence-corrected chi connectivity index (χ1v) is 6.76. The van der Waals surface area contributed by atoms with Crippen LogP contribution in [0.1, 0.15) is 37.3 Å². The van der Waals surface area contributed by atoms with E-state index in [1.165, 1.54) is 5.56 Å². The monoisotopic (exact) mass is 287 g/mol. The molecule has 0 fully saturated rings. The minimum atomic E-state index is -0.529. The number of amides is 2. The first-order valence-electron chi connectivity index (χ1n) is 6.76. The van der Waals surface area contributed by atoms with Crippen LogP contribution in [0.3, 0.4) is 0 Å². The third-order valence-electron chi connectivity index (χ3n) is 3.21. The molecular formula is C16H17NO4. The normalized spacial score (nSPS) is 14.1. The largest absolute Gasteiger partial charge is 0.461 e. The standard InChI is InChI=1S/C16H17NO4/c1-10(2)12-5-3-11(4-6-12)9-21-15(19)8-13-7-14(18)17-16(13)20/h3-7,10H,8-9H2,1-2H3,(H,17,18,20). The van der Waals surface area contributed by atoms with Crippen LogP contribution in [0.5, 0.6) is 0 Å². The van der Waals surface area contributed by atoms with Crippen molar-refractivity contribution >= 4 is 17.8 Å². The Balaban J connectivity index is 1.85. The number of carbonyl (C=O) groups excluding carboxylic acids is 3. The Morgan fingerprint density at radius 3 is 2.38 bits per heavy atom. The summed E-state index contributed by atoms with van der Waals surface area (Å²) in [6, 6.07) is 7.82. The third-order valence-corrected chi connectivity index (χ3v) is 3.21. The summed E-state index contributed by atoms with van der Waals surface area (Å²) in [5, 5.41) is 2.08. The van der Waals surface area contributed by atoms with E-state index in [4.69, 9.17) is 4.74 Å². The van der Waals surface area contributed by atoms with Crippen molar-refractivity contribution in [1.29, 1.82) is 0 Å². The lowest BCUT2D eigenvalue weighted by Gasteiger charge is -2.08. The predicted molar refractivity (Wildman–Crippen MR) is 76.2 cm³/mol. The molecule has 0 saturated carbocycles. The molecule has 1 aromatic carbocycles. The highest BCUT2D eigenvalue weighted by atomic mass is 16.5. The molecule has 5 heteroatoms. The average molecular weight is 287 g/mol. The van der Waals surface area contributed by atoms with Crippen molar-refractivity contribution in [1.82, 2.24) is 5.32 Å². The lowest BCUT2D eigenvalue weighted by atomic mass is 10.0. The number of rotatable bonds is 5. The number of ether oxygens (including phenoxy) is 1. The van der Waals surface area contributed by atoms with Crippen LogP contribution in [0, 0.1) is 0 Å². The van der Waals surface area contributed by atoms with E-state index in [9.17, 15) is 14.4 Å². The maximum atomic E-state index is 11.6. The van der Waals surface area contributed by atoms with Gasteiger partial charge in [-0.2, -0.15) is 0 Å². The molecule has 1 aromatic rings. The summed E-state index contributed by atoms with van der Waals surface area (Å²) >= 11 is 0. The maximum absolute atomic E-state index is 11.6. The second-order valence-corrected chi connectivity index (χ2v) is 5.22. The minimum absolute atomic E-state index is 0.139. The molecule has 0 aliphatic carbocycles. The van der Waals surface area contributed by atoms with Gasteiger partial charge >= 0.3 is 5.97 Å². The van der Waals surface area contributed by atoms with Crippen LogP contribution in [0.15, 0.2) is 35.9 Å². The summed E-state index contributed by atoms with van der Waals surface area (Å²) in [6.45, 7) is 4.37. The van der Waals surface area contributed by atoms with Gasteiger partial charge in [0.15, 0.2) is 0 Å². The Morgan fingerprint density at radius 2 is 1.86 bits per heavy atom. The van der Waals surface area contributed by atoms with Crippen molar-refractivity contribution < 1.29 is 19.1 Å². The summed E-state index contributed by atoms with van der Waals surface area (Å²) in [4.78, 5) is 33.9. The molecule has 2 amide bonds. The van der Waals surface area contributed by atoms with Crippen LogP contribution < -0.4 is 5.32 Å². The molecule has 2 rings (SSSR count). The molecule has 1 aliphatic heterocycles. The van der Waals surface area contributed by atoms with Gasteiger partial charge in [0, 0.05) is 11.6 Å². The van der Waals surface area contributed by atoms with Gasteiger partial charge in [0.1, 0.15) is 6.61 Å². The zero-order valence-corrected chi connectivity index (χ0v) is 12.0. The van der Waals surface area contributed by atoms with Gasteiger partial charge in [0.05, 0.1) is 6.42 Å². The molecular weight excluding hydrogens is 270 g/mol. The highest BCUT2D eigenvalue weighted by Gasteiger charge is 2.23. The maximum Gasteiger partial charge on any atom is 0.310 e. The van der Waals surface area contributed by atoms with Crippen LogP contribution in [-0.2, 0) is 25.7 Å². The number of hydrogen-bond donors (Lipinski definition) is 1. The average Bonchev–Trinajstić information content (AvgIpc) is 2.75. The molecule has 0 unspecified atom stereocenters. The summed E-state index contributed by atoms with van der Waals surface area (Å²) in [5.41, 5.74) is 2.24. The summed E-state index contributed by atoms with van der Waals surface area (Å²) in [6.07, 6.45) is 0.933. The van der Waals surface area contributed by atoms with E-state index < -0.39 is 17.8 Å². The lowest BCUT2D eigenvalue weighted by Crippen LogP contribution is -2.23. The van der Waals surface area contributed by atoms with Crippen LogP contribution in [0.2, 0.25) is 0 Å². The Bertz CT molecular complexity index is 599. The Labute approximate surface area is 123 Å². The van der Waals surface area contributed by atoms with E-state index in [2.05, 4.69) is 19.2 Å². The van der Waals surface area contributed by atoms with E-state index in [1.54, 1.807) is 0 Å². The number of imide groups is 1. The van der Waals surface area contributed by atoms with Gasteiger partial charge in [0.25, 0.3) is 11.8 Å². The van der Waals surface area contributed by atoms with E-state index in [0.717, 1.165) is 11.6 Å². The quantitative estimate of drug-likeness (QED) is 0.662. The van der Waals surface area contributed by atoms with Crippen LogP contribution in [-0.4, -0.2) is 17.8 Å². The molecule has 0 atom stereocenters. The Kier molecular flexibility index (Phi) is 4.52. The fourth-order valence-corrected chi connectivity index (χ4v) is 1.95. The van der Waals surface area contributed by atoms with Crippen molar-refractivity contribution in [3.05, 3.63) is 47.0 Å². The van der Waals surface area contributed by atoms with E-state index in [-0.39, 0.29) is 18.6 Å². The van der Waals surface area contributed by atoms with Crippen molar-refractivity contribution in [3.8, 4) is 0 Å². The third kappa shape index (κ3) is 4.02. The van der Waals surface area contributed by atoms with E-state index in [1.807, 2.05) is 24.3 Å². The number of esters is 1. The molecule has 1 N–H and O–H groups in total. The lowest BCUT2D eigenvalue weighted by molar-refractivity contribution is -0.144. The van der Waals surface area contributed by atoms with Crippen LogP contribution in [0.4, 0.5) is 0 Å². The van der Waals surface area contributed by atoms with Crippen molar-refractivity contribution in [2.75, 3.05) is 0 Å². The Morgan fingerprint density at radius 1 is 1.19 bits per heavy atom. The fraction of sp³-hybridized carbons (Fsp3) is 0.312. The van der Waals surface area contributed by atoms with Gasteiger partial charge in [-0.1, -0.05) is 38.1 Å². The predicted octanol–water partition coefficient (Wildman–Crippen LogP) is 1.83. The first-order chi connectivity index (χ1) is 9.95. The van der Waals surface area contributed by atoms with Gasteiger partial charge in [0.2, 0.25) is 0 Å². The van der Waals surface area contributed by atoms with Crippen LogP contribution in [0.25, 0.3) is 0 Å². The smallest absolute Gasteiger partial charge is 0.310 e. The topological polar surface area (TPSA) is 72.5 Å². The Hall–Kier alpha value is -2.43. The fourth-order valence-electron chi connectivity index (χ4n) is 1.95. The number of hydrogen-bond acceptors (Lipinski definition) is 4. The highest BCUT2D eigenvalue weighted by molar-refractivity contribution is 6.17. The van der Waals surface area contributed by atoms with Gasteiger partial charge in [-0.25, -0.2) is 0 Å². The molecule has 0 aromatic heterocycles. The zero-order chi connectivity index (χ0) is 15.4. The van der Waals surface area contributed by atoms with Gasteiger partial charge in [-0.3, -0.25) is 19.7 Å². The number of benzene rings is 1. The molecule has 0 saturated heterocycles. The number of carbonyl (C=O) groups is 3. The molecule has 0 bridgehead atoms. The van der Waals surface area contributed by atoms with Crippen LogP contribution >= 0.6 is 0 Å². The van der Waals surface area contributed by atoms with Gasteiger partial charge in [-0.05, 0) is 17.0 Å². The van der Waals surface area contributed by atoms with E-state index in [0.29, 0.717) is 5.92 Å². The second-order valence-electron chi connectivity index (χ2n) is 5.22. The molecule has 0 spiro atoms. The summed E-state index contributed by atoms with van der Waals surface area (Å²) < 4.78 is 5.10. The van der Waals surface area contributed by atoms with E-state index >= 15 is 0 Å². The molecule has 110 valence electrons. The molecule has 0 radical (unpaired) electrons. The SMILES string of the molecule is CC(C)c1ccc(COC(=O)CC2=CC(=O)NC2=O)cc1. The summed E-state index contributed by atoms with van der Waals surface area (Å²) in [7, 11) is 0. The summed E-state index contributed by atoms with van der Waals surface area (Å²) in [5.74, 6) is -1.10. The first kappa shape index (κ1) is 15.0. The van der Waals surface area contributed by atoms with Crippen molar-refractivity contribution in [2.45, 2.75) is 32.8 Å². The van der Waals surface area contributed by atoms with Crippen molar-refractivity contribution in [2.24, 2.45) is 0 Å². The van der Waals surface area contributed by atoms with Crippen molar-refractivity contribution in [3.63, 3.8) is 0 Å².